The number of aliphatic carboxylic acids is 1. The van der Waals surface area contributed by atoms with Gasteiger partial charge >= 0.3 is 5.97 Å². The average molecular weight is 400 g/mol. The van der Waals surface area contributed by atoms with Gasteiger partial charge in [-0.15, -0.1) is 0 Å². The minimum Gasteiger partial charge on any atom is -0.508 e. The van der Waals surface area contributed by atoms with E-state index in [1.54, 1.807) is 37.3 Å². The molecule has 1 heterocycles. The molecule has 2 aromatic carbocycles. The summed E-state index contributed by atoms with van der Waals surface area (Å²) in [6, 6.07) is 11.2. The Bertz CT molecular complexity index is 1050. The molecule has 28 heavy (non-hydrogen) atoms. The molecule has 0 aliphatic carbocycles. The lowest BCUT2D eigenvalue weighted by atomic mass is 9.84. The number of carboxylic acids is 1. The fourth-order valence-corrected chi connectivity index (χ4v) is 3.82. The fourth-order valence-electron chi connectivity index (χ4n) is 3.69. The van der Waals surface area contributed by atoms with Crippen LogP contribution in [0.25, 0.3) is 10.9 Å². The minimum atomic E-state index is -0.946. The largest absolute Gasteiger partial charge is 0.508 e. The zero-order valence-corrected chi connectivity index (χ0v) is 16.7. The van der Waals surface area contributed by atoms with Gasteiger partial charge in [0.25, 0.3) is 5.91 Å². The standard InChI is InChI=1S/C22H22ClNO4/c1-4-12(2)19(22(27)28)20-13(3)24(18-10-9-16(25)11-17(18)20)21(26)14-5-7-15(23)8-6-14/h5-12,19,25H,4H2,1-3H3,(H,27,28). The lowest BCUT2D eigenvalue weighted by molar-refractivity contribution is -0.140. The third-order valence-corrected chi connectivity index (χ3v) is 5.57. The van der Waals surface area contributed by atoms with E-state index in [1.807, 2.05) is 13.8 Å². The molecular formula is C22H22ClNO4. The Morgan fingerprint density at radius 1 is 1.14 bits per heavy atom. The highest BCUT2D eigenvalue weighted by Gasteiger charge is 2.32. The van der Waals surface area contributed by atoms with Gasteiger partial charge in [-0.1, -0.05) is 31.9 Å². The van der Waals surface area contributed by atoms with Gasteiger partial charge in [0.1, 0.15) is 5.75 Å². The number of carboxylic acid groups (broad SMARTS) is 1. The molecule has 3 rings (SSSR count). The maximum Gasteiger partial charge on any atom is 0.311 e. The van der Waals surface area contributed by atoms with Gasteiger partial charge in [-0.2, -0.15) is 0 Å². The zero-order valence-electron chi connectivity index (χ0n) is 15.9. The van der Waals surface area contributed by atoms with Crippen LogP contribution in [0.1, 0.15) is 47.8 Å². The SMILES string of the molecule is CCC(C)C(C(=O)O)c1c(C)n(C(=O)c2ccc(Cl)cc2)c2ccc(O)cc12. The van der Waals surface area contributed by atoms with Crippen LogP contribution < -0.4 is 0 Å². The van der Waals surface area contributed by atoms with E-state index in [9.17, 15) is 19.8 Å². The van der Waals surface area contributed by atoms with E-state index in [2.05, 4.69) is 0 Å². The van der Waals surface area contributed by atoms with Crippen molar-refractivity contribution in [2.75, 3.05) is 0 Å². The van der Waals surface area contributed by atoms with Crippen molar-refractivity contribution in [1.82, 2.24) is 4.57 Å². The summed E-state index contributed by atoms with van der Waals surface area (Å²) < 4.78 is 1.52. The second-order valence-corrected chi connectivity index (χ2v) is 7.49. The minimum absolute atomic E-state index is 0.0260. The van der Waals surface area contributed by atoms with Crippen LogP contribution in [0.2, 0.25) is 5.02 Å². The molecule has 0 radical (unpaired) electrons. The summed E-state index contributed by atoms with van der Waals surface area (Å²) in [6.07, 6.45) is 0.674. The number of nitrogens with zero attached hydrogens (tertiary/aromatic N) is 1. The second kappa shape index (κ2) is 7.68. The molecule has 2 unspecified atom stereocenters. The van der Waals surface area contributed by atoms with Crippen molar-refractivity contribution in [2.45, 2.75) is 33.1 Å². The first kappa shape index (κ1) is 20.0. The second-order valence-electron chi connectivity index (χ2n) is 7.05. The number of hydrogen-bond donors (Lipinski definition) is 2. The maximum absolute atomic E-state index is 13.2. The van der Waals surface area contributed by atoms with Crippen LogP contribution in [0.5, 0.6) is 5.75 Å². The summed E-state index contributed by atoms with van der Waals surface area (Å²) in [7, 11) is 0. The molecular weight excluding hydrogens is 378 g/mol. The van der Waals surface area contributed by atoms with Gasteiger partial charge in [0.2, 0.25) is 0 Å². The van der Waals surface area contributed by atoms with E-state index in [4.69, 9.17) is 11.6 Å². The first-order valence-corrected chi connectivity index (χ1v) is 9.51. The van der Waals surface area contributed by atoms with E-state index >= 15 is 0 Å². The highest BCUT2D eigenvalue weighted by atomic mass is 35.5. The number of fused-ring (bicyclic) bond motifs is 1. The molecule has 0 fully saturated rings. The van der Waals surface area contributed by atoms with Gasteiger partial charge in [-0.05, 0) is 60.9 Å². The van der Waals surface area contributed by atoms with Crippen molar-refractivity contribution in [2.24, 2.45) is 5.92 Å². The molecule has 0 amide bonds. The van der Waals surface area contributed by atoms with Gasteiger partial charge in [0.05, 0.1) is 11.4 Å². The van der Waals surface area contributed by atoms with Gasteiger partial charge < -0.3 is 10.2 Å². The number of benzene rings is 2. The van der Waals surface area contributed by atoms with Crippen molar-refractivity contribution < 1.29 is 19.8 Å². The number of aromatic nitrogens is 1. The molecule has 6 heteroatoms. The Balaban J connectivity index is 2.30. The number of phenols is 1. The Hall–Kier alpha value is -2.79. The Kier molecular flexibility index (Phi) is 5.47. The fraction of sp³-hybridized carbons (Fsp3) is 0.273. The third kappa shape index (κ3) is 3.38. The number of halogens is 1. The Morgan fingerprint density at radius 2 is 1.79 bits per heavy atom. The van der Waals surface area contributed by atoms with Crippen molar-refractivity contribution in [3.05, 3.63) is 64.3 Å². The van der Waals surface area contributed by atoms with Crippen LogP contribution in [0.15, 0.2) is 42.5 Å². The number of rotatable bonds is 5. The molecule has 3 aromatic rings. The number of carbonyl (C=O) groups is 2. The van der Waals surface area contributed by atoms with Crippen LogP contribution in [-0.2, 0) is 4.79 Å². The lowest BCUT2D eigenvalue weighted by Gasteiger charge is -2.20. The van der Waals surface area contributed by atoms with Gasteiger partial charge in [0.15, 0.2) is 0 Å². The van der Waals surface area contributed by atoms with E-state index < -0.39 is 11.9 Å². The molecule has 2 N–H and O–H groups in total. The molecule has 0 bridgehead atoms. The van der Waals surface area contributed by atoms with Crippen LogP contribution in [0.4, 0.5) is 0 Å². The zero-order chi connectivity index (χ0) is 20.6. The van der Waals surface area contributed by atoms with Crippen LogP contribution in [0, 0.1) is 12.8 Å². The van der Waals surface area contributed by atoms with Gasteiger partial charge in [-0.25, -0.2) is 0 Å². The molecule has 2 atom stereocenters. The predicted molar refractivity (Wildman–Crippen MR) is 109 cm³/mol. The van der Waals surface area contributed by atoms with Crippen molar-refractivity contribution in [3.63, 3.8) is 0 Å². The van der Waals surface area contributed by atoms with E-state index in [-0.39, 0.29) is 17.6 Å². The summed E-state index contributed by atoms with van der Waals surface area (Å²) in [5.41, 5.74) is 2.14. The third-order valence-electron chi connectivity index (χ3n) is 5.32. The van der Waals surface area contributed by atoms with E-state index in [0.717, 1.165) is 0 Å². The number of phenolic OH excluding ortho intramolecular Hbond substituents is 1. The summed E-state index contributed by atoms with van der Waals surface area (Å²) in [6.45, 7) is 5.56. The molecule has 0 aliphatic heterocycles. The monoisotopic (exact) mass is 399 g/mol. The first-order chi connectivity index (χ1) is 13.3. The van der Waals surface area contributed by atoms with Crippen molar-refractivity contribution in [1.29, 1.82) is 0 Å². The van der Waals surface area contributed by atoms with Gasteiger partial charge in [0, 0.05) is 21.7 Å². The van der Waals surface area contributed by atoms with Crippen LogP contribution in [-0.4, -0.2) is 26.7 Å². The molecule has 1 aromatic heterocycles. The van der Waals surface area contributed by atoms with Gasteiger partial charge in [-0.3, -0.25) is 14.2 Å². The normalized spacial score (nSPS) is 13.4. The molecule has 5 nitrogen and oxygen atoms in total. The van der Waals surface area contributed by atoms with Crippen molar-refractivity contribution >= 4 is 34.4 Å². The predicted octanol–water partition coefficient (Wildman–Crippen LogP) is 5.21. The molecule has 146 valence electrons. The molecule has 0 spiro atoms. The van der Waals surface area contributed by atoms with Crippen LogP contribution in [0.3, 0.4) is 0 Å². The summed E-state index contributed by atoms with van der Waals surface area (Å²) in [5, 5.41) is 21.0. The van der Waals surface area contributed by atoms with Crippen molar-refractivity contribution in [3.8, 4) is 5.75 Å². The summed E-state index contributed by atoms with van der Waals surface area (Å²) in [4.78, 5) is 25.3. The summed E-state index contributed by atoms with van der Waals surface area (Å²) in [5.74, 6) is -2.11. The Morgan fingerprint density at radius 3 is 2.36 bits per heavy atom. The molecule has 0 aliphatic rings. The highest BCUT2D eigenvalue weighted by Crippen LogP contribution is 2.38. The van der Waals surface area contributed by atoms with Crippen LogP contribution >= 0.6 is 11.6 Å². The average Bonchev–Trinajstić information content (AvgIpc) is 2.93. The van der Waals surface area contributed by atoms with E-state index in [0.29, 0.717) is 39.2 Å². The Labute approximate surface area is 168 Å². The quantitative estimate of drug-likeness (QED) is 0.617. The number of carbonyl (C=O) groups excluding carboxylic acids is 1. The molecule has 0 saturated heterocycles. The molecule has 0 saturated carbocycles. The topological polar surface area (TPSA) is 79.5 Å². The lowest BCUT2D eigenvalue weighted by Crippen LogP contribution is -2.21. The summed E-state index contributed by atoms with van der Waals surface area (Å²) >= 11 is 5.93. The maximum atomic E-state index is 13.2. The first-order valence-electron chi connectivity index (χ1n) is 9.13. The van der Waals surface area contributed by atoms with E-state index in [1.165, 1.54) is 16.7 Å². The highest BCUT2D eigenvalue weighted by molar-refractivity contribution is 6.30. The number of hydrogen-bond acceptors (Lipinski definition) is 3. The number of aromatic hydroxyl groups is 1. The smallest absolute Gasteiger partial charge is 0.311 e.